The van der Waals surface area contributed by atoms with Crippen LogP contribution in [0.1, 0.15) is 141 Å². The molecule has 0 aromatic carbocycles. The third kappa shape index (κ3) is 4.94. The molecule has 0 amide bonds. The summed E-state index contributed by atoms with van der Waals surface area (Å²) >= 11 is 0. The van der Waals surface area contributed by atoms with Gasteiger partial charge in [-0.25, -0.2) is 9.78 Å². The van der Waals surface area contributed by atoms with Crippen LogP contribution in [0.25, 0.3) is 0 Å². The van der Waals surface area contributed by atoms with E-state index in [0.717, 1.165) is 62.6 Å². The van der Waals surface area contributed by atoms with Crippen molar-refractivity contribution in [3.05, 3.63) is 22.4 Å². The van der Waals surface area contributed by atoms with Crippen LogP contribution < -0.4 is 0 Å². The van der Waals surface area contributed by atoms with E-state index in [9.17, 15) is 15.0 Å². The van der Waals surface area contributed by atoms with E-state index < -0.39 is 5.97 Å². The van der Waals surface area contributed by atoms with E-state index in [1.165, 1.54) is 50.5 Å². The van der Waals surface area contributed by atoms with Crippen LogP contribution in [-0.4, -0.2) is 45.1 Å². The van der Waals surface area contributed by atoms with Crippen molar-refractivity contribution >= 4 is 29.9 Å². The Hall–Kier alpha value is -0.781. The van der Waals surface area contributed by atoms with E-state index in [1.807, 2.05) is 0 Å². The number of carbonyl (C=O) groups is 1. The molecule has 0 unspecified atom stereocenters. The summed E-state index contributed by atoms with van der Waals surface area (Å²) < 4.78 is 0. The quantitative estimate of drug-likeness (QED) is 0.514. The number of carboxylic acids is 1. The molecule has 0 bridgehead atoms. The van der Waals surface area contributed by atoms with E-state index >= 15 is 0 Å². The predicted molar refractivity (Wildman–Crippen MR) is 119 cm³/mol. The van der Waals surface area contributed by atoms with Crippen LogP contribution >= 0.6 is 0 Å². The van der Waals surface area contributed by atoms with Crippen molar-refractivity contribution in [3.8, 4) is 5.88 Å². The van der Waals surface area contributed by atoms with Crippen molar-refractivity contribution < 1.29 is 15.0 Å². The fourth-order valence-corrected chi connectivity index (χ4v) is 6.16. The van der Waals surface area contributed by atoms with E-state index in [-0.39, 0.29) is 41.3 Å². The second kappa shape index (κ2) is 10.5. The number of aromatic carboxylic acids is 1. The predicted octanol–water partition coefficient (Wildman–Crippen LogP) is 5.71. The zero-order valence-electron chi connectivity index (χ0n) is 17.8. The monoisotopic (exact) mass is 507 g/mol. The van der Waals surface area contributed by atoms with Gasteiger partial charge in [-0.05, 0) is 61.5 Å². The molecule has 0 aliphatic heterocycles. The molecule has 1 aromatic rings. The van der Waals surface area contributed by atoms with Crippen LogP contribution in [0, 0.1) is 0 Å². The van der Waals surface area contributed by atoms with Crippen LogP contribution in [-0.2, 0) is 0 Å². The first-order chi connectivity index (χ1) is 13.7. The van der Waals surface area contributed by atoms with Crippen LogP contribution in [0.3, 0.4) is 0 Å². The molecule has 1 heterocycles. The number of hydrogen-bond donors (Lipinski definition) is 2. The van der Waals surface area contributed by atoms with Gasteiger partial charge >= 0.3 is 29.9 Å². The van der Waals surface area contributed by atoms with Crippen molar-refractivity contribution in [3.63, 3.8) is 0 Å². The average Bonchev–Trinajstić information content (AvgIpc) is 2.74. The van der Waals surface area contributed by atoms with Gasteiger partial charge in [-0.15, -0.1) is 0 Å². The fraction of sp³-hybridized carbons (Fsp3) is 0.750. The Bertz CT molecular complexity index is 703. The molecule has 0 spiro atoms. The third-order valence-corrected chi connectivity index (χ3v) is 7.52. The van der Waals surface area contributed by atoms with Gasteiger partial charge in [0.1, 0.15) is 5.56 Å². The summed E-state index contributed by atoms with van der Waals surface area (Å²) in [5.41, 5.74) is 3.42. The summed E-state index contributed by atoms with van der Waals surface area (Å²) in [6, 6.07) is 0. The van der Waals surface area contributed by atoms with Crippen LogP contribution in [0.15, 0.2) is 0 Å². The third-order valence-electron chi connectivity index (χ3n) is 7.52. The SMILES string of the molecule is O=C(O)c1c(O)nc(C2CCCCC2)c(C2CCCCC2)c1C1CCCCC1.[SnH2]. The number of aromatic hydroxyl groups is 1. The zero-order valence-corrected chi connectivity index (χ0v) is 21.8. The minimum absolute atomic E-state index is 0. The van der Waals surface area contributed by atoms with Gasteiger partial charge in [0.2, 0.25) is 5.88 Å². The maximum absolute atomic E-state index is 12.2. The molecule has 4 rings (SSSR count). The van der Waals surface area contributed by atoms with Crippen molar-refractivity contribution in [1.82, 2.24) is 4.98 Å². The topological polar surface area (TPSA) is 70.4 Å². The van der Waals surface area contributed by atoms with Gasteiger partial charge in [-0.3, -0.25) is 0 Å². The van der Waals surface area contributed by atoms with E-state index in [4.69, 9.17) is 0 Å². The second-order valence-electron chi connectivity index (χ2n) is 9.33. The molecule has 3 aliphatic rings. The Balaban J connectivity index is 0.00000240. The number of hydrogen-bond acceptors (Lipinski definition) is 3. The van der Waals surface area contributed by atoms with Gasteiger partial charge in [0, 0.05) is 5.92 Å². The van der Waals surface area contributed by atoms with Gasteiger partial charge in [0.05, 0.1) is 5.69 Å². The van der Waals surface area contributed by atoms with Gasteiger partial charge in [0.15, 0.2) is 0 Å². The molecule has 3 aliphatic carbocycles. The van der Waals surface area contributed by atoms with Gasteiger partial charge < -0.3 is 10.2 Å². The Morgan fingerprint density at radius 1 is 0.690 bits per heavy atom. The summed E-state index contributed by atoms with van der Waals surface area (Å²) in [5, 5.41) is 20.7. The van der Waals surface area contributed by atoms with E-state index in [1.54, 1.807) is 0 Å². The average molecular weight is 506 g/mol. The molecular formula is C24H37NO3Sn. The summed E-state index contributed by atoms with van der Waals surface area (Å²) in [5.74, 6) is -0.144. The number of carboxylic acid groups (broad SMARTS) is 1. The Kier molecular flexibility index (Phi) is 8.29. The molecule has 2 N–H and O–H groups in total. The summed E-state index contributed by atoms with van der Waals surface area (Å²) in [6.45, 7) is 0. The number of rotatable bonds is 4. The molecule has 160 valence electrons. The molecule has 4 nitrogen and oxygen atoms in total. The molecule has 29 heavy (non-hydrogen) atoms. The van der Waals surface area contributed by atoms with Crippen LogP contribution in [0.4, 0.5) is 0 Å². The van der Waals surface area contributed by atoms with Gasteiger partial charge in [-0.1, -0.05) is 57.8 Å². The second-order valence-corrected chi connectivity index (χ2v) is 9.33. The molecule has 5 heteroatoms. The van der Waals surface area contributed by atoms with Crippen LogP contribution in [0.5, 0.6) is 5.88 Å². The number of aromatic nitrogens is 1. The molecule has 3 fully saturated rings. The molecule has 0 atom stereocenters. The normalized spacial score (nSPS) is 22.2. The molecule has 2 radical (unpaired) electrons. The maximum atomic E-state index is 12.2. The van der Waals surface area contributed by atoms with Crippen molar-refractivity contribution in [2.75, 3.05) is 0 Å². The summed E-state index contributed by atoms with van der Waals surface area (Å²) in [6.07, 6.45) is 17.7. The minimum atomic E-state index is -1.00. The summed E-state index contributed by atoms with van der Waals surface area (Å²) in [4.78, 5) is 16.8. The van der Waals surface area contributed by atoms with Crippen molar-refractivity contribution in [1.29, 1.82) is 0 Å². The zero-order chi connectivity index (χ0) is 19.5. The van der Waals surface area contributed by atoms with Crippen LogP contribution in [0.2, 0.25) is 0 Å². The first-order valence-electron chi connectivity index (χ1n) is 11.7. The number of nitrogens with zero attached hydrogens (tertiary/aromatic N) is 1. The van der Waals surface area contributed by atoms with Crippen molar-refractivity contribution in [2.45, 2.75) is 114 Å². The molecule has 0 saturated heterocycles. The Morgan fingerprint density at radius 3 is 1.55 bits per heavy atom. The van der Waals surface area contributed by atoms with E-state index in [0.29, 0.717) is 11.8 Å². The molecule has 1 aromatic heterocycles. The number of pyridine rings is 1. The Labute approximate surface area is 191 Å². The first kappa shape index (κ1) is 22.9. The first-order valence-corrected chi connectivity index (χ1v) is 11.7. The Morgan fingerprint density at radius 2 is 1.10 bits per heavy atom. The van der Waals surface area contributed by atoms with Gasteiger partial charge in [-0.2, -0.15) is 0 Å². The standard InChI is InChI=1S/C24H35NO3.Sn.2H/c26-23-21(24(27)28)19(16-10-4-1-5-11-16)20(17-12-6-2-7-13-17)22(25-23)18-14-8-3-9-15-18;;;/h16-18H,1-15H2,(H,25,26)(H,27,28);;;. The summed E-state index contributed by atoms with van der Waals surface area (Å²) in [7, 11) is 0. The van der Waals surface area contributed by atoms with Crippen molar-refractivity contribution in [2.24, 2.45) is 0 Å². The molecule has 3 saturated carbocycles. The molecular weight excluding hydrogens is 469 g/mol. The fourth-order valence-electron chi connectivity index (χ4n) is 6.16. The van der Waals surface area contributed by atoms with Gasteiger partial charge in [0.25, 0.3) is 0 Å². The van der Waals surface area contributed by atoms with E-state index in [2.05, 4.69) is 4.98 Å².